The number of para-hydroxylation sites is 10. The number of hydrogen-bond acceptors (Lipinski definition) is 22. The van der Waals surface area contributed by atoms with Gasteiger partial charge in [-0.25, -0.2) is 58.6 Å². The summed E-state index contributed by atoms with van der Waals surface area (Å²) < 4.78 is 52.5. The molecule has 6 aliphatic heterocycles. The zero-order valence-electron chi connectivity index (χ0n) is 75.3. The Hall–Kier alpha value is -15.5. The Labute approximate surface area is 851 Å². The van der Waals surface area contributed by atoms with Crippen LogP contribution in [-0.2, 0) is 71.1 Å². The van der Waals surface area contributed by atoms with Gasteiger partial charge in [-0.1, -0.05) is 113 Å². The molecule has 18 aromatic rings. The molecule has 0 unspecified atom stereocenters. The van der Waals surface area contributed by atoms with Gasteiger partial charge in [-0.2, -0.15) is 133 Å². The molecule has 0 amide bonds. The van der Waals surface area contributed by atoms with E-state index in [0.717, 1.165) is 110 Å². The van der Waals surface area contributed by atoms with Crippen LogP contribution >= 0.6 is 0 Å². The van der Waals surface area contributed by atoms with Crippen LogP contribution in [0.25, 0.3) is 0 Å². The molecule has 29 heteroatoms. The molecule has 7 aliphatic rings. The molecule has 0 atom stereocenters. The number of hydrogen-bond donors (Lipinski definition) is 0. The predicted molar refractivity (Wildman–Crippen MR) is 529 cm³/mol. The minimum absolute atomic E-state index is 0. The number of anilines is 24. The Morgan fingerprint density at radius 1 is 0.221 bits per heavy atom. The fraction of sp³-hybridized carbons (Fsp3) is 0.0631. The van der Waals surface area contributed by atoms with Crippen molar-refractivity contribution in [2.45, 2.75) is 44.9 Å². The molecule has 140 heavy (non-hydrogen) atoms. The molecule has 0 fully saturated rings. The van der Waals surface area contributed by atoms with Gasteiger partial charge in [-0.05, 0) is 116 Å². The first kappa shape index (κ1) is 96.2. The van der Waals surface area contributed by atoms with Crippen molar-refractivity contribution >= 4 is 138 Å². The second-order valence-electron chi connectivity index (χ2n) is 33.0. The molecule has 1 aliphatic carbocycles. The molecule has 13 aromatic carbocycles. The van der Waals surface area contributed by atoms with Crippen LogP contribution in [0.15, 0.2) is 377 Å². The topological polar surface area (TPSA) is 168 Å². The van der Waals surface area contributed by atoms with Crippen molar-refractivity contribution in [2.24, 2.45) is 0 Å². The molecule has 0 saturated heterocycles. The van der Waals surface area contributed by atoms with Gasteiger partial charge in [0.05, 0.1) is 11.4 Å². The van der Waals surface area contributed by atoms with Crippen LogP contribution in [0, 0.1) is 99.7 Å². The zero-order valence-corrected chi connectivity index (χ0v) is 82.5. The van der Waals surface area contributed by atoms with Gasteiger partial charge in [0.2, 0.25) is 0 Å². The van der Waals surface area contributed by atoms with E-state index < -0.39 is 0 Å². The van der Waals surface area contributed by atoms with Crippen molar-refractivity contribution in [1.29, 1.82) is 0 Å². The molecule has 703 valence electrons. The molecular weight excluding hydrogens is 2290 g/mol. The van der Waals surface area contributed by atoms with E-state index in [1.807, 2.05) is 203 Å². The summed E-state index contributed by atoms with van der Waals surface area (Å²) in [7, 11) is 0. The molecule has 0 spiro atoms. The SMILES string of the molecule is CC1(C)CC(C)(C)c2nc3c(nc21)N(c1[c-]cccc1)[CH-]N3c1ccccc1.Fc1c[c-]c(N2[CH-]N(c3ccc(F)cc3)c3nccnc32)cc1.Fc1c[c-]c(N2[CH-]N(c3ccc(F)cc3)c3nccnc32)cc1.[Ir].[Ir].[Ir].[c-]1ccccc1N1[CH-]N(c2ccccc2)c2ccccc21.[c-]1ccccc1N1[CH-]N(c2ccccc2)c2nccnc21.[c-]1ccccc1N1[CH-]N(c2ccccc2)c2nccnc21. The summed E-state index contributed by atoms with van der Waals surface area (Å²) >= 11 is 0. The van der Waals surface area contributed by atoms with Gasteiger partial charge in [0.25, 0.3) is 0 Å². The third-order valence-corrected chi connectivity index (χ3v) is 22.9. The van der Waals surface area contributed by atoms with Gasteiger partial charge in [-0.3, -0.25) is 8.78 Å². The first-order chi connectivity index (χ1) is 67.1. The summed E-state index contributed by atoms with van der Waals surface area (Å²) in [5.74, 6) is 6.09. The van der Waals surface area contributed by atoms with E-state index in [9.17, 15) is 17.6 Å². The van der Waals surface area contributed by atoms with E-state index in [0.29, 0.717) is 34.6 Å². The summed E-state index contributed by atoms with van der Waals surface area (Å²) in [5.41, 5.74) is 15.6. The summed E-state index contributed by atoms with van der Waals surface area (Å²) in [6.45, 7) is 20.8. The average molecular weight is 2380 g/mol. The van der Waals surface area contributed by atoms with E-state index in [-0.39, 0.29) is 94.4 Å². The fourth-order valence-electron chi connectivity index (χ4n) is 16.9. The maximum atomic E-state index is 13.1. The third-order valence-electron chi connectivity index (χ3n) is 22.9. The van der Waals surface area contributed by atoms with Crippen LogP contribution in [0.1, 0.15) is 45.5 Å². The summed E-state index contributed by atoms with van der Waals surface area (Å²) in [4.78, 5) is 69.3. The molecule has 3 radical (unpaired) electrons. The van der Waals surface area contributed by atoms with Crippen LogP contribution in [0.3, 0.4) is 0 Å². The van der Waals surface area contributed by atoms with Crippen LogP contribution in [0.5, 0.6) is 0 Å². The molecular formula is C111H82F4Ir3N22-12. The maximum Gasteiger partial charge on any atom is 0.146 e. The summed E-state index contributed by atoms with van der Waals surface area (Å²) in [5, 5.41) is 0. The minimum atomic E-state index is -0.359. The Morgan fingerprint density at radius 2 is 0.443 bits per heavy atom. The number of aromatic nitrogens is 10. The van der Waals surface area contributed by atoms with Crippen molar-refractivity contribution in [1.82, 2.24) is 49.8 Å². The molecule has 25 rings (SSSR count). The van der Waals surface area contributed by atoms with Crippen LogP contribution in [0.2, 0.25) is 0 Å². The average Bonchev–Trinajstić information content (AvgIpc) is 1.56. The normalized spacial score (nSPS) is 14.1. The van der Waals surface area contributed by atoms with Crippen molar-refractivity contribution < 1.29 is 77.9 Å². The van der Waals surface area contributed by atoms with Gasteiger partial charge in [0.1, 0.15) is 69.8 Å². The molecule has 0 saturated carbocycles. The van der Waals surface area contributed by atoms with E-state index in [1.165, 1.54) is 59.9 Å². The van der Waals surface area contributed by atoms with Gasteiger partial charge in [0.15, 0.2) is 0 Å². The van der Waals surface area contributed by atoms with Crippen molar-refractivity contribution in [2.75, 3.05) is 58.8 Å². The number of fused-ring (bicyclic) bond motifs is 7. The molecule has 0 N–H and O–H groups in total. The largest absolute Gasteiger partial charge is 0.493 e. The zero-order chi connectivity index (χ0) is 93.4. The second kappa shape index (κ2) is 43.1. The van der Waals surface area contributed by atoms with E-state index in [2.05, 4.69) is 210 Å². The third kappa shape index (κ3) is 20.4. The van der Waals surface area contributed by atoms with Gasteiger partial charge in [-0.15, -0.1) is 111 Å². The second-order valence-corrected chi connectivity index (χ2v) is 33.0. The van der Waals surface area contributed by atoms with Gasteiger partial charge >= 0.3 is 0 Å². The first-order valence-corrected chi connectivity index (χ1v) is 43.9. The van der Waals surface area contributed by atoms with E-state index in [1.54, 1.807) is 119 Å². The fourth-order valence-corrected chi connectivity index (χ4v) is 16.9. The van der Waals surface area contributed by atoms with Crippen LogP contribution in [-0.4, -0.2) is 49.8 Å². The standard InChI is InChI=1S/C24H24N4.C19H14N2.2C17H10F2N4.2C17H12N4.3Ir/c1-23(2)15-24(3,4)20-19(23)25-21-22(26-20)28(18-13-9-6-10-14-18)16-27(21)17-11-7-5-8-12-17;1-3-9-16(10-4-1)20-15-21(17-11-5-2-6-12-17)19-14-8-7-13-18(19)20;2*18-12-1-5-14(6-2-12)22-11-23(15-7-3-13(19)4-8-15)17-16(22)20-9-10-21-17;2*1-3-7-14(8-4-1)20-13-21(15-9-5-2-6-10-15)17-16(20)18-11-12-19-17;;;/h5-13,16H,15H2,1-4H3;1-11,13-15H;2*1-7,9-11H;2*1-9,11-13H;;;/q6*-2;;;. The van der Waals surface area contributed by atoms with Crippen LogP contribution in [0.4, 0.5) is 155 Å². The quantitative estimate of drug-likeness (QED) is 0.0836. The number of halogens is 4. The van der Waals surface area contributed by atoms with Gasteiger partial charge < -0.3 is 58.8 Å². The number of rotatable bonds is 12. The number of benzene rings is 13. The van der Waals surface area contributed by atoms with Gasteiger partial charge in [0, 0.05) is 178 Å². The molecule has 5 aromatic heterocycles. The molecule has 11 heterocycles. The Balaban J connectivity index is 0.000000116. The maximum absolute atomic E-state index is 13.1. The number of nitrogens with zero attached hydrogens (tertiary/aromatic N) is 22. The van der Waals surface area contributed by atoms with Crippen molar-refractivity contribution in [3.8, 4) is 0 Å². The molecule has 22 nitrogen and oxygen atoms in total. The van der Waals surface area contributed by atoms with Crippen LogP contribution < -0.4 is 58.8 Å². The first-order valence-electron chi connectivity index (χ1n) is 43.9. The summed E-state index contributed by atoms with van der Waals surface area (Å²) in [6, 6.07) is 120. The minimum Gasteiger partial charge on any atom is -0.493 e. The predicted octanol–water partition coefficient (Wildman–Crippen LogP) is 25.8. The van der Waals surface area contributed by atoms with Crippen molar-refractivity contribution in [3.05, 3.63) is 488 Å². The summed E-state index contributed by atoms with van der Waals surface area (Å²) in [6.07, 6.45) is 14.2. The Kier molecular flexibility index (Phi) is 29.6. The van der Waals surface area contributed by atoms with Crippen molar-refractivity contribution in [3.63, 3.8) is 0 Å². The monoisotopic (exact) mass is 2380 g/mol. The Bertz CT molecular complexity index is 6280. The van der Waals surface area contributed by atoms with E-state index in [4.69, 9.17) is 9.97 Å². The van der Waals surface area contributed by atoms with E-state index >= 15 is 0 Å². The smallest absolute Gasteiger partial charge is 0.146 e. The molecule has 0 bridgehead atoms. The Morgan fingerprint density at radius 3 is 0.729 bits per heavy atom.